The van der Waals surface area contributed by atoms with Crippen molar-refractivity contribution in [3.8, 4) is 34.0 Å². The highest BCUT2D eigenvalue weighted by Gasteiger charge is 2.21. The van der Waals surface area contributed by atoms with Gasteiger partial charge in [0, 0.05) is 16.5 Å². The second-order valence-corrected chi connectivity index (χ2v) is 13.2. The molecule has 0 radical (unpaired) electrons. The van der Waals surface area contributed by atoms with Crippen LogP contribution in [0.25, 0.3) is 104 Å². The summed E-state index contributed by atoms with van der Waals surface area (Å²) in [5.74, 6) is 0. The number of aromatic nitrogens is 1. The highest BCUT2D eigenvalue weighted by Crippen LogP contribution is 2.45. The molecule has 0 aliphatic rings. The van der Waals surface area contributed by atoms with E-state index in [1.165, 1.54) is 81.5 Å². The van der Waals surface area contributed by atoms with Crippen molar-refractivity contribution in [1.82, 2.24) is 4.57 Å². The van der Waals surface area contributed by atoms with E-state index < -0.39 is 0 Å². The summed E-state index contributed by atoms with van der Waals surface area (Å²) in [5.41, 5.74) is 8.88. The van der Waals surface area contributed by atoms with Gasteiger partial charge >= 0.3 is 0 Å². The molecule has 0 spiro atoms. The summed E-state index contributed by atoms with van der Waals surface area (Å²) >= 11 is 0. The van der Waals surface area contributed by atoms with Gasteiger partial charge in [-0.1, -0.05) is 115 Å². The molecule has 224 valence electrons. The van der Waals surface area contributed by atoms with Crippen LogP contribution >= 0.6 is 0 Å². The van der Waals surface area contributed by atoms with Gasteiger partial charge in [-0.3, -0.25) is 0 Å². The van der Waals surface area contributed by atoms with Crippen LogP contribution in [0.1, 0.15) is 5.56 Å². The van der Waals surface area contributed by atoms with E-state index in [0.29, 0.717) is 5.56 Å². The van der Waals surface area contributed by atoms with Gasteiger partial charge in [-0.2, -0.15) is 5.26 Å². The van der Waals surface area contributed by atoms with Crippen molar-refractivity contribution in [1.29, 1.82) is 5.26 Å². The van der Waals surface area contributed by atoms with Crippen molar-refractivity contribution in [3.05, 3.63) is 163 Å². The number of benzene rings is 10. The standard InChI is InChI=1S/C47H26N2/c48-27-28-22-34-12-13-35-25-36(26-43-47(35)46(34)42(23-28)49(43)37-8-2-1-3-9-37)39-19-15-31-16-20-40-38(18-14-30-17-21-41(39)45(31)44(30)40)33-11-10-29-6-4-5-7-32(29)24-33/h1-26H. The molecule has 0 amide bonds. The molecule has 11 rings (SSSR count). The monoisotopic (exact) mass is 618 g/mol. The highest BCUT2D eigenvalue weighted by molar-refractivity contribution is 6.29. The second kappa shape index (κ2) is 9.67. The molecule has 2 nitrogen and oxygen atoms in total. The predicted molar refractivity (Wildman–Crippen MR) is 206 cm³/mol. The lowest BCUT2D eigenvalue weighted by Gasteiger charge is -2.17. The minimum Gasteiger partial charge on any atom is -0.309 e. The lowest BCUT2D eigenvalue weighted by atomic mass is 9.86. The molecule has 49 heavy (non-hydrogen) atoms. The second-order valence-electron chi connectivity index (χ2n) is 13.2. The summed E-state index contributed by atoms with van der Waals surface area (Å²) in [6.07, 6.45) is 0. The zero-order valence-electron chi connectivity index (χ0n) is 26.4. The third kappa shape index (κ3) is 3.65. The Balaban J connectivity index is 1.20. The normalized spacial score (nSPS) is 12.1. The topological polar surface area (TPSA) is 28.7 Å². The first-order chi connectivity index (χ1) is 24.2. The van der Waals surface area contributed by atoms with Crippen LogP contribution in [0.15, 0.2) is 158 Å². The van der Waals surface area contributed by atoms with Gasteiger partial charge in [-0.25, -0.2) is 0 Å². The van der Waals surface area contributed by atoms with Crippen molar-refractivity contribution in [2.45, 2.75) is 0 Å². The van der Waals surface area contributed by atoms with Crippen molar-refractivity contribution < 1.29 is 0 Å². The van der Waals surface area contributed by atoms with Crippen LogP contribution in [0.4, 0.5) is 0 Å². The quantitative estimate of drug-likeness (QED) is 0.181. The maximum absolute atomic E-state index is 9.92. The Morgan fingerprint density at radius 1 is 0.388 bits per heavy atom. The third-order valence-corrected chi connectivity index (χ3v) is 10.6. The lowest BCUT2D eigenvalue weighted by Crippen LogP contribution is -1.94. The van der Waals surface area contributed by atoms with E-state index in [4.69, 9.17) is 0 Å². The van der Waals surface area contributed by atoms with Crippen molar-refractivity contribution in [2.75, 3.05) is 0 Å². The van der Waals surface area contributed by atoms with E-state index in [9.17, 15) is 5.26 Å². The molecule has 0 fully saturated rings. The van der Waals surface area contributed by atoms with Gasteiger partial charge in [-0.05, 0) is 119 Å². The van der Waals surface area contributed by atoms with Crippen molar-refractivity contribution >= 4 is 75.7 Å². The smallest absolute Gasteiger partial charge is 0.0992 e. The molecule has 0 saturated heterocycles. The molecule has 11 aromatic rings. The molecule has 0 saturated carbocycles. The van der Waals surface area contributed by atoms with Gasteiger partial charge in [0.15, 0.2) is 0 Å². The number of para-hydroxylation sites is 1. The van der Waals surface area contributed by atoms with E-state index in [2.05, 4.69) is 156 Å². The summed E-state index contributed by atoms with van der Waals surface area (Å²) in [6, 6.07) is 59.8. The zero-order chi connectivity index (χ0) is 32.2. The largest absolute Gasteiger partial charge is 0.309 e. The number of nitrogens with zero attached hydrogens (tertiary/aromatic N) is 2. The van der Waals surface area contributed by atoms with E-state index in [1.54, 1.807) is 0 Å². The number of hydrogen-bond acceptors (Lipinski definition) is 1. The minimum absolute atomic E-state index is 0.672. The first-order valence-electron chi connectivity index (χ1n) is 16.7. The average Bonchev–Trinajstić information content (AvgIpc) is 3.50. The van der Waals surface area contributed by atoms with E-state index in [-0.39, 0.29) is 0 Å². The molecule has 10 aromatic carbocycles. The van der Waals surface area contributed by atoms with Gasteiger partial charge in [0.25, 0.3) is 0 Å². The number of fused-ring (bicyclic) bond motifs is 1. The highest BCUT2D eigenvalue weighted by atomic mass is 15.0. The molecule has 0 unspecified atom stereocenters. The summed E-state index contributed by atoms with van der Waals surface area (Å²) in [5, 5.41) is 24.8. The van der Waals surface area contributed by atoms with Gasteiger partial charge in [0.2, 0.25) is 0 Å². The Hall–Kier alpha value is -6.69. The van der Waals surface area contributed by atoms with Gasteiger partial charge in [0.1, 0.15) is 0 Å². The molecular weight excluding hydrogens is 593 g/mol. The van der Waals surface area contributed by atoms with Crippen molar-refractivity contribution in [2.24, 2.45) is 0 Å². The summed E-state index contributed by atoms with van der Waals surface area (Å²) in [7, 11) is 0. The Kier molecular flexibility index (Phi) is 5.21. The van der Waals surface area contributed by atoms with Crippen molar-refractivity contribution in [3.63, 3.8) is 0 Å². The molecule has 2 heteroatoms. The maximum atomic E-state index is 9.92. The van der Waals surface area contributed by atoms with Crippen LogP contribution in [0.5, 0.6) is 0 Å². The van der Waals surface area contributed by atoms with Gasteiger partial charge in [0.05, 0.1) is 22.7 Å². The Morgan fingerprint density at radius 2 is 0.939 bits per heavy atom. The fraction of sp³-hybridized carbons (Fsp3) is 0. The Bertz CT molecular complexity index is 3160. The predicted octanol–water partition coefficient (Wildman–Crippen LogP) is 12.6. The SMILES string of the molecule is N#Cc1cc2ccc3cc(-c4ccc5ccc6c(-c7ccc8ccccc8c7)ccc7ccc4c5c76)cc4c3c2c(c1)n4-c1ccccc1. The molecule has 1 heterocycles. The number of nitriles is 1. The summed E-state index contributed by atoms with van der Waals surface area (Å²) < 4.78 is 2.33. The molecular formula is C47H26N2. The Labute approximate surface area is 282 Å². The van der Waals surface area contributed by atoms with Crippen LogP contribution in [0, 0.1) is 11.3 Å². The molecule has 1 aromatic heterocycles. The molecule has 0 aliphatic heterocycles. The van der Waals surface area contributed by atoms with Gasteiger partial charge in [-0.15, -0.1) is 0 Å². The molecule has 0 aliphatic carbocycles. The van der Waals surface area contributed by atoms with Crippen LogP contribution in [-0.2, 0) is 0 Å². The summed E-state index contributed by atoms with van der Waals surface area (Å²) in [4.78, 5) is 0. The summed E-state index contributed by atoms with van der Waals surface area (Å²) in [6.45, 7) is 0. The molecule has 0 N–H and O–H groups in total. The minimum atomic E-state index is 0.672. The first kappa shape index (κ1) is 26.4. The van der Waals surface area contributed by atoms with E-state index in [0.717, 1.165) is 22.1 Å². The van der Waals surface area contributed by atoms with Gasteiger partial charge < -0.3 is 4.57 Å². The lowest BCUT2D eigenvalue weighted by molar-refractivity contribution is 1.18. The number of hydrogen-bond donors (Lipinski definition) is 0. The first-order valence-corrected chi connectivity index (χ1v) is 16.7. The third-order valence-electron chi connectivity index (χ3n) is 10.6. The van der Waals surface area contributed by atoms with Crippen LogP contribution < -0.4 is 0 Å². The fourth-order valence-corrected chi connectivity index (χ4v) is 8.50. The van der Waals surface area contributed by atoms with E-state index >= 15 is 0 Å². The number of rotatable bonds is 3. The zero-order valence-corrected chi connectivity index (χ0v) is 26.4. The van der Waals surface area contributed by atoms with Crippen LogP contribution in [0.2, 0.25) is 0 Å². The Morgan fingerprint density at radius 3 is 1.65 bits per heavy atom. The van der Waals surface area contributed by atoms with E-state index in [1.807, 2.05) is 12.1 Å². The molecule has 0 atom stereocenters. The van der Waals surface area contributed by atoms with Crippen LogP contribution in [-0.4, -0.2) is 4.57 Å². The maximum Gasteiger partial charge on any atom is 0.0992 e. The molecule has 0 bridgehead atoms. The van der Waals surface area contributed by atoms with Crippen LogP contribution in [0.3, 0.4) is 0 Å². The fourth-order valence-electron chi connectivity index (χ4n) is 8.50. The average molecular weight is 619 g/mol.